The van der Waals surface area contributed by atoms with Gasteiger partial charge in [0.25, 0.3) is 0 Å². The molecule has 1 unspecified atom stereocenters. The first-order valence-electron chi connectivity index (χ1n) is 12.6. The van der Waals surface area contributed by atoms with Gasteiger partial charge in [-0.3, -0.25) is 9.78 Å². The molecule has 3 aromatic rings. The number of benzene rings is 2. The van der Waals surface area contributed by atoms with E-state index in [1.165, 1.54) is 12.1 Å². The highest BCUT2D eigenvalue weighted by molar-refractivity contribution is 5.68. The lowest BCUT2D eigenvalue weighted by atomic mass is 9.86. The highest BCUT2D eigenvalue weighted by Crippen LogP contribution is 2.44. The molecule has 8 heteroatoms. The average Bonchev–Trinajstić information content (AvgIpc) is 3.65. The summed E-state index contributed by atoms with van der Waals surface area (Å²) < 4.78 is 47.7. The normalized spacial score (nSPS) is 14.7. The largest absolute Gasteiger partial charge is 0.573 e. The van der Waals surface area contributed by atoms with E-state index in [0.717, 1.165) is 29.5 Å². The number of hydrogen-bond acceptors (Lipinski definition) is 4. The molecule has 1 aliphatic carbocycles. The Morgan fingerprint density at radius 2 is 1.76 bits per heavy atom. The second-order valence-electron chi connectivity index (χ2n) is 11.1. The molecule has 1 heterocycles. The smallest absolute Gasteiger partial charge is 0.487 e. The standard InChI is InChI=1S/C30H32F3NO4/c1-29(2,3)16-23-14-25(17-34-28(23)21-9-11-24(12-10-21)38-30(31,32)33)37-18-19-5-4-6-22(13-19)26(15-27(35)36)20-7-8-20/h4-6,9-14,17,20,26H,7-8,15-16,18H2,1-3H3,(H,35,36). The van der Waals surface area contributed by atoms with Crippen LogP contribution in [0, 0.1) is 11.3 Å². The molecule has 2 aromatic carbocycles. The zero-order chi connectivity index (χ0) is 27.5. The highest BCUT2D eigenvalue weighted by Gasteiger charge is 2.34. The summed E-state index contributed by atoms with van der Waals surface area (Å²) in [4.78, 5) is 16.0. The number of ether oxygens (including phenoxy) is 2. The van der Waals surface area contributed by atoms with Crippen LogP contribution in [0.1, 0.15) is 62.6 Å². The van der Waals surface area contributed by atoms with Gasteiger partial charge in [-0.2, -0.15) is 0 Å². The van der Waals surface area contributed by atoms with E-state index in [1.54, 1.807) is 18.3 Å². The number of carboxylic acids is 1. The maximum atomic E-state index is 12.5. The van der Waals surface area contributed by atoms with Crippen molar-refractivity contribution < 1.29 is 32.5 Å². The first kappa shape index (κ1) is 27.5. The Hall–Kier alpha value is -3.55. The van der Waals surface area contributed by atoms with Crippen LogP contribution in [0.25, 0.3) is 11.3 Å². The second-order valence-corrected chi connectivity index (χ2v) is 11.1. The molecule has 0 radical (unpaired) electrons. The minimum Gasteiger partial charge on any atom is -0.487 e. The molecule has 202 valence electrons. The summed E-state index contributed by atoms with van der Waals surface area (Å²) in [6.45, 7) is 6.61. The highest BCUT2D eigenvalue weighted by atomic mass is 19.4. The zero-order valence-corrected chi connectivity index (χ0v) is 21.7. The van der Waals surface area contributed by atoms with Crippen LogP contribution in [-0.2, 0) is 17.8 Å². The number of alkyl halides is 3. The second kappa shape index (κ2) is 11.1. The monoisotopic (exact) mass is 527 g/mol. The quantitative estimate of drug-likeness (QED) is 0.292. The summed E-state index contributed by atoms with van der Waals surface area (Å²) in [5.41, 5.74) is 4.18. The molecule has 0 saturated heterocycles. The number of pyridine rings is 1. The van der Waals surface area contributed by atoms with Gasteiger partial charge in [-0.15, -0.1) is 13.2 Å². The maximum Gasteiger partial charge on any atom is 0.573 e. The Labute approximate surface area is 220 Å². The van der Waals surface area contributed by atoms with E-state index in [2.05, 4.69) is 30.5 Å². The van der Waals surface area contributed by atoms with Crippen molar-refractivity contribution in [2.45, 2.75) is 65.3 Å². The van der Waals surface area contributed by atoms with E-state index >= 15 is 0 Å². The SMILES string of the molecule is CC(C)(C)Cc1cc(OCc2cccc(C(CC(=O)O)C3CC3)c2)cnc1-c1ccc(OC(F)(F)F)cc1. The summed E-state index contributed by atoms with van der Waals surface area (Å²) >= 11 is 0. The molecule has 1 N–H and O–H groups in total. The lowest BCUT2D eigenvalue weighted by Gasteiger charge is -2.21. The zero-order valence-electron chi connectivity index (χ0n) is 21.7. The van der Waals surface area contributed by atoms with E-state index in [0.29, 0.717) is 36.0 Å². The van der Waals surface area contributed by atoms with Gasteiger partial charge in [0.15, 0.2) is 0 Å². The van der Waals surface area contributed by atoms with Crippen molar-refractivity contribution in [3.05, 3.63) is 77.5 Å². The number of halogens is 3. The van der Waals surface area contributed by atoms with Crippen LogP contribution in [0.15, 0.2) is 60.8 Å². The summed E-state index contributed by atoms with van der Waals surface area (Å²) in [7, 11) is 0. The molecule has 0 bridgehead atoms. The topological polar surface area (TPSA) is 68.7 Å². The van der Waals surface area contributed by atoms with E-state index in [4.69, 9.17) is 4.74 Å². The molecule has 1 aliphatic rings. The molecular formula is C30H32F3NO4. The minimum absolute atomic E-state index is 0.0136. The van der Waals surface area contributed by atoms with Crippen molar-refractivity contribution in [3.8, 4) is 22.8 Å². The summed E-state index contributed by atoms with van der Waals surface area (Å²) in [6, 6.07) is 15.5. The fourth-order valence-electron chi connectivity index (χ4n) is 4.67. The fraction of sp³-hybridized carbons (Fsp3) is 0.400. The number of aliphatic carboxylic acids is 1. The van der Waals surface area contributed by atoms with Crippen LogP contribution in [0.5, 0.6) is 11.5 Å². The molecule has 4 rings (SSSR count). The Bertz CT molecular complexity index is 1260. The molecule has 1 atom stereocenters. The maximum absolute atomic E-state index is 12.5. The lowest BCUT2D eigenvalue weighted by molar-refractivity contribution is -0.274. The van der Waals surface area contributed by atoms with Crippen LogP contribution >= 0.6 is 0 Å². The van der Waals surface area contributed by atoms with Crippen molar-refractivity contribution in [1.82, 2.24) is 4.98 Å². The first-order chi connectivity index (χ1) is 17.9. The van der Waals surface area contributed by atoms with Crippen molar-refractivity contribution in [2.75, 3.05) is 0 Å². The van der Waals surface area contributed by atoms with E-state index in [1.807, 2.05) is 30.3 Å². The van der Waals surface area contributed by atoms with Gasteiger partial charge < -0.3 is 14.6 Å². The van der Waals surface area contributed by atoms with Gasteiger partial charge in [0.1, 0.15) is 18.1 Å². The van der Waals surface area contributed by atoms with Crippen molar-refractivity contribution >= 4 is 5.97 Å². The van der Waals surface area contributed by atoms with Crippen molar-refractivity contribution in [3.63, 3.8) is 0 Å². The van der Waals surface area contributed by atoms with Crippen LogP contribution in [0.4, 0.5) is 13.2 Å². The number of aromatic nitrogens is 1. The molecular weight excluding hydrogens is 495 g/mol. The van der Waals surface area contributed by atoms with Crippen LogP contribution in [0.2, 0.25) is 0 Å². The Kier molecular flexibility index (Phi) is 7.99. The van der Waals surface area contributed by atoms with Crippen molar-refractivity contribution in [1.29, 1.82) is 0 Å². The Morgan fingerprint density at radius 3 is 2.37 bits per heavy atom. The van der Waals surface area contributed by atoms with Gasteiger partial charge >= 0.3 is 12.3 Å². The van der Waals surface area contributed by atoms with Gasteiger partial charge in [-0.05, 0) is 83.5 Å². The van der Waals surface area contributed by atoms with Crippen molar-refractivity contribution in [2.24, 2.45) is 11.3 Å². The Morgan fingerprint density at radius 1 is 1.05 bits per heavy atom. The van der Waals surface area contributed by atoms with E-state index in [-0.39, 0.29) is 23.5 Å². The number of hydrogen-bond donors (Lipinski definition) is 1. The van der Waals surface area contributed by atoms with Gasteiger partial charge in [0.2, 0.25) is 0 Å². The van der Waals surface area contributed by atoms with Gasteiger partial charge in [0, 0.05) is 5.56 Å². The molecule has 0 amide bonds. The van der Waals surface area contributed by atoms with Crippen LogP contribution in [-0.4, -0.2) is 22.4 Å². The molecule has 0 aliphatic heterocycles. The third-order valence-corrected chi connectivity index (χ3v) is 6.39. The predicted octanol–water partition coefficient (Wildman–Crippen LogP) is 7.78. The molecule has 1 fully saturated rings. The number of nitrogens with zero attached hydrogens (tertiary/aromatic N) is 1. The summed E-state index contributed by atoms with van der Waals surface area (Å²) in [6.07, 6.45) is -0.203. The summed E-state index contributed by atoms with van der Waals surface area (Å²) in [5, 5.41) is 9.33. The van der Waals surface area contributed by atoms with Gasteiger partial charge in [-0.25, -0.2) is 0 Å². The molecule has 5 nitrogen and oxygen atoms in total. The Balaban J connectivity index is 1.52. The molecule has 1 aromatic heterocycles. The molecule has 38 heavy (non-hydrogen) atoms. The van der Waals surface area contributed by atoms with E-state index < -0.39 is 12.3 Å². The number of carbonyl (C=O) groups is 1. The number of carboxylic acid groups (broad SMARTS) is 1. The van der Waals surface area contributed by atoms with Crippen LogP contribution < -0.4 is 9.47 Å². The lowest BCUT2D eigenvalue weighted by Crippen LogP contribution is -2.17. The summed E-state index contributed by atoms with van der Waals surface area (Å²) in [5.74, 6) is -0.0517. The third-order valence-electron chi connectivity index (χ3n) is 6.39. The third kappa shape index (κ3) is 7.97. The van der Waals surface area contributed by atoms with Gasteiger partial charge in [-0.1, -0.05) is 45.0 Å². The fourth-order valence-corrected chi connectivity index (χ4v) is 4.67. The first-order valence-corrected chi connectivity index (χ1v) is 12.6. The minimum atomic E-state index is -4.75. The number of rotatable bonds is 10. The average molecular weight is 528 g/mol. The predicted molar refractivity (Wildman–Crippen MR) is 138 cm³/mol. The van der Waals surface area contributed by atoms with E-state index in [9.17, 15) is 23.1 Å². The molecule has 0 spiro atoms. The van der Waals surface area contributed by atoms with Crippen LogP contribution in [0.3, 0.4) is 0 Å². The van der Waals surface area contributed by atoms with Gasteiger partial charge in [0.05, 0.1) is 18.3 Å². The molecule has 1 saturated carbocycles.